The highest BCUT2D eigenvalue weighted by molar-refractivity contribution is 5.62. The number of hydrogen-bond donors (Lipinski definition) is 0. The minimum atomic E-state index is -0.570. The topological polar surface area (TPSA) is 97.2 Å². The van der Waals surface area contributed by atoms with Gasteiger partial charge in [-0.25, -0.2) is 4.68 Å². The number of nitriles is 1. The van der Waals surface area contributed by atoms with Crippen LogP contribution in [0.1, 0.15) is 25.6 Å². The second kappa shape index (κ2) is 5.46. The van der Waals surface area contributed by atoms with Gasteiger partial charge in [-0.1, -0.05) is 0 Å². The molecule has 0 aliphatic carbocycles. The maximum Gasteiger partial charge on any atom is 0.333 e. The summed E-state index contributed by atoms with van der Waals surface area (Å²) in [6.07, 6.45) is -0.570. The van der Waals surface area contributed by atoms with Crippen LogP contribution in [0.2, 0.25) is 0 Å². The Hall–Kier alpha value is -2.14. The van der Waals surface area contributed by atoms with Crippen molar-refractivity contribution >= 4 is 11.5 Å². The summed E-state index contributed by atoms with van der Waals surface area (Å²) < 4.78 is 6.93. The highest BCUT2D eigenvalue weighted by atomic mass is 16.6. The normalized spacial score (nSPS) is 19.1. The van der Waals surface area contributed by atoms with Crippen LogP contribution in [-0.4, -0.2) is 40.5 Å². The van der Waals surface area contributed by atoms with Gasteiger partial charge >= 0.3 is 5.69 Å². The molecule has 1 atom stereocenters. The van der Waals surface area contributed by atoms with Crippen LogP contribution in [0.4, 0.5) is 11.5 Å². The maximum atomic E-state index is 11.3. The number of aromatic nitrogens is 2. The van der Waals surface area contributed by atoms with Crippen LogP contribution in [-0.2, 0) is 4.74 Å². The first-order chi connectivity index (χ1) is 9.45. The third-order valence-electron chi connectivity index (χ3n) is 3.21. The van der Waals surface area contributed by atoms with E-state index in [1.54, 1.807) is 11.6 Å². The van der Waals surface area contributed by atoms with Gasteiger partial charge in [0, 0.05) is 12.6 Å². The summed E-state index contributed by atoms with van der Waals surface area (Å²) in [5.41, 5.74) is 0.399. The molecular weight excluding hydrogens is 262 g/mol. The van der Waals surface area contributed by atoms with Gasteiger partial charge in [0.15, 0.2) is 6.10 Å². The average molecular weight is 279 g/mol. The fourth-order valence-corrected chi connectivity index (χ4v) is 2.31. The fraction of sp³-hybridized carbons (Fsp3) is 0.667. The minimum Gasteiger partial charge on any atom is -0.360 e. The zero-order valence-electron chi connectivity index (χ0n) is 11.7. The molecule has 1 unspecified atom stereocenters. The first-order valence-corrected chi connectivity index (χ1v) is 6.45. The van der Waals surface area contributed by atoms with Crippen molar-refractivity contribution in [3.8, 4) is 6.07 Å². The highest BCUT2D eigenvalue weighted by Gasteiger charge is 2.33. The first kappa shape index (κ1) is 14.3. The number of hydrogen-bond acceptors (Lipinski definition) is 6. The number of nitrogens with zero attached hydrogens (tertiary/aromatic N) is 5. The molecule has 2 heterocycles. The lowest BCUT2D eigenvalue weighted by Gasteiger charge is -2.31. The third kappa shape index (κ3) is 2.44. The van der Waals surface area contributed by atoms with E-state index < -0.39 is 11.0 Å². The molecule has 108 valence electrons. The Morgan fingerprint density at radius 1 is 1.60 bits per heavy atom. The van der Waals surface area contributed by atoms with E-state index in [0.717, 1.165) is 0 Å². The second-order valence-corrected chi connectivity index (χ2v) is 4.99. The Morgan fingerprint density at radius 2 is 2.30 bits per heavy atom. The number of ether oxygens (including phenoxy) is 1. The third-order valence-corrected chi connectivity index (χ3v) is 3.21. The van der Waals surface area contributed by atoms with E-state index in [1.807, 2.05) is 24.8 Å². The zero-order valence-corrected chi connectivity index (χ0v) is 11.7. The van der Waals surface area contributed by atoms with Crippen LogP contribution in [0.15, 0.2) is 0 Å². The van der Waals surface area contributed by atoms with Gasteiger partial charge in [0.1, 0.15) is 5.69 Å². The van der Waals surface area contributed by atoms with Crippen molar-refractivity contribution < 1.29 is 9.66 Å². The monoisotopic (exact) mass is 279 g/mol. The molecule has 8 heteroatoms. The van der Waals surface area contributed by atoms with E-state index >= 15 is 0 Å². The summed E-state index contributed by atoms with van der Waals surface area (Å²) in [5, 5.41) is 24.5. The molecule has 0 radical (unpaired) electrons. The number of nitro groups is 1. The van der Waals surface area contributed by atoms with Crippen molar-refractivity contribution in [1.29, 1.82) is 5.26 Å². The molecule has 0 N–H and O–H groups in total. The van der Waals surface area contributed by atoms with Gasteiger partial charge in [-0.3, -0.25) is 10.1 Å². The minimum absolute atomic E-state index is 0.000723. The van der Waals surface area contributed by atoms with Gasteiger partial charge < -0.3 is 9.64 Å². The lowest BCUT2D eigenvalue weighted by atomic mass is 10.2. The fourth-order valence-electron chi connectivity index (χ4n) is 2.31. The van der Waals surface area contributed by atoms with E-state index in [4.69, 9.17) is 10.00 Å². The Kier molecular flexibility index (Phi) is 3.90. The van der Waals surface area contributed by atoms with Crippen LogP contribution < -0.4 is 4.90 Å². The average Bonchev–Trinajstić information content (AvgIpc) is 2.76. The summed E-state index contributed by atoms with van der Waals surface area (Å²) in [4.78, 5) is 12.7. The quantitative estimate of drug-likeness (QED) is 0.613. The zero-order chi connectivity index (χ0) is 14.9. The summed E-state index contributed by atoms with van der Waals surface area (Å²) in [7, 11) is 0. The molecule has 1 aliphatic rings. The van der Waals surface area contributed by atoms with E-state index in [1.165, 1.54) is 0 Å². The summed E-state index contributed by atoms with van der Waals surface area (Å²) in [5.74, 6) is 0.464. The summed E-state index contributed by atoms with van der Waals surface area (Å²) >= 11 is 0. The molecule has 2 rings (SSSR count). The standard InChI is InChI=1S/C12H17N5O3/c1-8(2)16-12(11(17(18)19)9(3)14-16)15-4-5-20-10(6-13)7-15/h8,10H,4-5,7H2,1-3H3. The number of morpholine rings is 1. The van der Waals surface area contributed by atoms with Crippen molar-refractivity contribution in [2.75, 3.05) is 24.6 Å². The van der Waals surface area contributed by atoms with Gasteiger partial charge in [0.2, 0.25) is 5.82 Å². The largest absolute Gasteiger partial charge is 0.360 e. The highest BCUT2D eigenvalue weighted by Crippen LogP contribution is 2.34. The molecule has 1 saturated heterocycles. The lowest BCUT2D eigenvalue weighted by Crippen LogP contribution is -2.43. The Labute approximate surface area is 116 Å². The summed E-state index contributed by atoms with van der Waals surface area (Å²) in [6, 6.07) is 2.05. The van der Waals surface area contributed by atoms with Crippen LogP contribution in [0, 0.1) is 28.4 Å². The van der Waals surface area contributed by atoms with Crippen LogP contribution in [0.25, 0.3) is 0 Å². The van der Waals surface area contributed by atoms with E-state index in [-0.39, 0.29) is 11.7 Å². The molecule has 0 spiro atoms. The molecule has 0 saturated carbocycles. The van der Waals surface area contributed by atoms with E-state index in [2.05, 4.69) is 5.10 Å². The molecule has 1 aromatic heterocycles. The molecule has 1 aliphatic heterocycles. The predicted molar refractivity (Wildman–Crippen MR) is 71.6 cm³/mol. The predicted octanol–water partition coefficient (Wildman–Crippen LogP) is 1.41. The maximum absolute atomic E-state index is 11.3. The SMILES string of the molecule is Cc1nn(C(C)C)c(N2CCOC(C#N)C2)c1[N+](=O)[O-]. The van der Waals surface area contributed by atoms with Gasteiger partial charge in [-0.15, -0.1) is 0 Å². The van der Waals surface area contributed by atoms with Crippen LogP contribution in [0.3, 0.4) is 0 Å². The smallest absolute Gasteiger partial charge is 0.333 e. The van der Waals surface area contributed by atoms with Gasteiger partial charge in [0.05, 0.1) is 24.1 Å². The molecule has 1 fully saturated rings. The number of anilines is 1. The van der Waals surface area contributed by atoms with Gasteiger partial charge in [-0.2, -0.15) is 10.4 Å². The summed E-state index contributed by atoms with van der Waals surface area (Å²) in [6.45, 7) is 6.66. The van der Waals surface area contributed by atoms with Gasteiger partial charge in [-0.05, 0) is 20.8 Å². The molecule has 20 heavy (non-hydrogen) atoms. The molecule has 0 aromatic carbocycles. The lowest BCUT2D eigenvalue weighted by molar-refractivity contribution is -0.384. The Bertz CT molecular complexity index is 560. The molecule has 8 nitrogen and oxygen atoms in total. The van der Waals surface area contributed by atoms with Crippen molar-refractivity contribution in [3.63, 3.8) is 0 Å². The Morgan fingerprint density at radius 3 is 2.85 bits per heavy atom. The van der Waals surface area contributed by atoms with Crippen molar-refractivity contribution in [2.24, 2.45) is 0 Å². The Balaban J connectivity index is 2.48. The van der Waals surface area contributed by atoms with Crippen molar-refractivity contribution in [3.05, 3.63) is 15.8 Å². The van der Waals surface area contributed by atoms with Crippen LogP contribution >= 0.6 is 0 Å². The van der Waals surface area contributed by atoms with E-state index in [9.17, 15) is 10.1 Å². The van der Waals surface area contributed by atoms with Crippen molar-refractivity contribution in [2.45, 2.75) is 32.9 Å². The van der Waals surface area contributed by atoms with E-state index in [0.29, 0.717) is 31.2 Å². The molecular formula is C12H17N5O3. The van der Waals surface area contributed by atoms with Gasteiger partial charge in [0.25, 0.3) is 0 Å². The molecule has 1 aromatic rings. The molecule has 0 bridgehead atoms. The second-order valence-electron chi connectivity index (χ2n) is 4.99. The first-order valence-electron chi connectivity index (χ1n) is 6.45. The number of rotatable bonds is 3. The van der Waals surface area contributed by atoms with Crippen LogP contribution in [0.5, 0.6) is 0 Å². The van der Waals surface area contributed by atoms with Crippen molar-refractivity contribution in [1.82, 2.24) is 9.78 Å². The number of aryl methyl sites for hydroxylation is 1. The molecule has 0 amide bonds.